The molecule has 5 nitrogen and oxygen atoms in total. The lowest BCUT2D eigenvalue weighted by atomic mass is 9.82. The number of nitrogens with zero attached hydrogens (tertiary/aromatic N) is 3. The van der Waals surface area contributed by atoms with Crippen molar-refractivity contribution >= 4 is 12.4 Å². The van der Waals surface area contributed by atoms with Gasteiger partial charge in [0.2, 0.25) is 5.89 Å². The van der Waals surface area contributed by atoms with E-state index in [-0.39, 0.29) is 12.4 Å². The third kappa shape index (κ3) is 3.16. The lowest BCUT2D eigenvalue weighted by molar-refractivity contribution is 0.219. The maximum atomic E-state index is 6.38. The van der Waals surface area contributed by atoms with Crippen molar-refractivity contribution in [3.8, 4) is 0 Å². The summed E-state index contributed by atoms with van der Waals surface area (Å²) in [5, 5.41) is 4.04. The van der Waals surface area contributed by atoms with E-state index >= 15 is 0 Å². The molecule has 0 aromatic carbocycles. The van der Waals surface area contributed by atoms with E-state index in [9.17, 15) is 0 Å². The second-order valence-electron chi connectivity index (χ2n) is 5.27. The Balaban J connectivity index is 0.00000147. The summed E-state index contributed by atoms with van der Waals surface area (Å²) in [5.41, 5.74) is 7.03. The summed E-state index contributed by atoms with van der Waals surface area (Å²) in [6.45, 7) is 0. The van der Waals surface area contributed by atoms with Crippen LogP contribution in [0.5, 0.6) is 0 Å². The number of halogens is 1. The molecule has 2 N–H and O–H groups in total. The SMILES string of the molecule is Cl.NC1(c2nc(Cc3cccnc3)no2)CCCCC1. The Bertz CT molecular complexity index is 537. The standard InChI is InChI=1S/C14H18N4O.ClH/c15-14(6-2-1-3-7-14)13-17-12(18-19-13)9-11-5-4-8-16-10-11;/h4-5,8,10H,1-3,6-7,9,15H2;1H. The van der Waals surface area contributed by atoms with Crippen LogP contribution in [0.4, 0.5) is 0 Å². The van der Waals surface area contributed by atoms with Gasteiger partial charge in [-0.05, 0) is 24.5 Å². The van der Waals surface area contributed by atoms with E-state index in [1.165, 1.54) is 6.42 Å². The number of hydrogen-bond acceptors (Lipinski definition) is 5. The summed E-state index contributed by atoms with van der Waals surface area (Å²) in [6.07, 6.45) is 9.58. The van der Waals surface area contributed by atoms with Crippen LogP contribution in [0.15, 0.2) is 29.0 Å². The van der Waals surface area contributed by atoms with Gasteiger partial charge < -0.3 is 10.3 Å². The van der Waals surface area contributed by atoms with Gasteiger partial charge >= 0.3 is 0 Å². The highest BCUT2D eigenvalue weighted by Crippen LogP contribution is 2.33. The van der Waals surface area contributed by atoms with Crippen molar-refractivity contribution in [1.82, 2.24) is 15.1 Å². The van der Waals surface area contributed by atoms with E-state index in [0.717, 1.165) is 31.2 Å². The first kappa shape index (κ1) is 14.9. The normalized spacial score (nSPS) is 17.4. The molecule has 108 valence electrons. The van der Waals surface area contributed by atoms with Crippen LogP contribution in [-0.4, -0.2) is 15.1 Å². The summed E-state index contributed by atoms with van der Waals surface area (Å²) in [4.78, 5) is 8.55. The van der Waals surface area contributed by atoms with Gasteiger partial charge in [0, 0.05) is 18.8 Å². The zero-order valence-electron chi connectivity index (χ0n) is 11.3. The third-order valence-electron chi connectivity index (χ3n) is 3.72. The van der Waals surface area contributed by atoms with Crippen molar-refractivity contribution in [3.05, 3.63) is 41.8 Å². The molecule has 1 aliphatic rings. The molecular weight excluding hydrogens is 276 g/mol. The fraction of sp³-hybridized carbons (Fsp3) is 0.500. The molecule has 1 aliphatic carbocycles. The smallest absolute Gasteiger partial charge is 0.246 e. The summed E-state index contributed by atoms with van der Waals surface area (Å²) in [6, 6.07) is 3.91. The minimum Gasteiger partial charge on any atom is -0.337 e. The first-order valence-electron chi connectivity index (χ1n) is 6.77. The second-order valence-corrected chi connectivity index (χ2v) is 5.27. The monoisotopic (exact) mass is 294 g/mol. The molecule has 20 heavy (non-hydrogen) atoms. The van der Waals surface area contributed by atoms with Gasteiger partial charge in [0.15, 0.2) is 5.82 Å². The molecule has 1 saturated carbocycles. The third-order valence-corrected chi connectivity index (χ3v) is 3.72. The van der Waals surface area contributed by atoms with Crippen LogP contribution in [-0.2, 0) is 12.0 Å². The Kier molecular flexibility index (Phi) is 4.73. The molecule has 2 aromatic rings. The molecule has 6 heteroatoms. The fourth-order valence-corrected chi connectivity index (χ4v) is 2.61. The van der Waals surface area contributed by atoms with Gasteiger partial charge in [0.1, 0.15) is 0 Å². The van der Waals surface area contributed by atoms with Gasteiger partial charge in [0.05, 0.1) is 5.54 Å². The average Bonchev–Trinajstić information content (AvgIpc) is 2.90. The minimum absolute atomic E-state index is 0. The largest absolute Gasteiger partial charge is 0.337 e. The summed E-state index contributed by atoms with van der Waals surface area (Å²) < 4.78 is 5.37. The Morgan fingerprint density at radius 2 is 2.05 bits per heavy atom. The average molecular weight is 295 g/mol. The quantitative estimate of drug-likeness (QED) is 0.941. The van der Waals surface area contributed by atoms with E-state index in [0.29, 0.717) is 18.1 Å². The Morgan fingerprint density at radius 3 is 2.75 bits per heavy atom. The van der Waals surface area contributed by atoms with E-state index in [1.807, 2.05) is 18.3 Å². The van der Waals surface area contributed by atoms with Crippen LogP contribution in [0.25, 0.3) is 0 Å². The van der Waals surface area contributed by atoms with Gasteiger partial charge in [-0.1, -0.05) is 30.5 Å². The van der Waals surface area contributed by atoms with E-state index in [1.54, 1.807) is 6.20 Å². The fourth-order valence-electron chi connectivity index (χ4n) is 2.61. The highest BCUT2D eigenvalue weighted by Gasteiger charge is 2.35. The molecule has 0 bridgehead atoms. The van der Waals surface area contributed by atoms with Crippen molar-refractivity contribution in [2.24, 2.45) is 5.73 Å². The Morgan fingerprint density at radius 1 is 1.25 bits per heavy atom. The highest BCUT2D eigenvalue weighted by atomic mass is 35.5. The van der Waals surface area contributed by atoms with Crippen LogP contribution in [0.2, 0.25) is 0 Å². The first-order chi connectivity index (χ1) is 9.26. The molecule has 0 saturated heterocycles. The number of rotatable bonds is 3. The van der Waals surface area contributed by atoms with E-state index < -0.39 is 5.54 Å². The number of nitrogens with two attached hydrogens (primary N) is 1. The summed E-state index contributed by atoms with van der Waals surface area (Å²) in [5.74, 6) is 1.27. The maximum absolute atomic E-state index is 6.38. The zero-order valence-corrected chi connectivity index (χ0v) is 12.1. The minimum atomic E-state index is -0.418. The summed E-state index contributed by atoms with van der Waals surface area (Å²) >= 11 is 0. The molecule has 2 heterocycles. The molecule has 0 unspecified atom stereocenters. The van der Waals surface area contributed by atoms with Crippen LogP contribution in [0.3, 0.4) is 0 Å². The number of hydrogen-bond donors (Lipinski definition) is 1. The Hall–Kier alpha value is -1.46. The molecule has 0 atom stereocenters. The molecule has 0 amide bonds. The van der Waals surface area contributed by atoms with Gasteiger partial charge in [-0.15, -0.1) is 12.4 Å². The highest BCUT2D eigenvalue weighted by molar-refractivity contribution is 5.85. The predicted octanol–water partition coefficient (Wildman–Crippen LogP) is 2.60. The zero-order chi connectivity index (χ0) is 13.1. The topological polar surface area (TPSA) is 77.8 Å². The Labute approximate surface area is 124 Å². The van der Waals surface area contributed by atoms with Crippen molar-refractivity contribution in [1.29, 1.82) is 0 Å². The molecule has 0 aliphatic heterocycles. The van der Waals surface area contributed by atoms with Gasteiger partial charge in [-0.3, -0.25) is 4.98 Å². The van der Waals surface area contributed by atoms with Crippen molar-refractivity contribution in [2.45, 2.75) is 44.1 Å². The van der Waals surface area contributed by atoms with Gasteiger partial charge in [-0.25, -0.2) is 0 Å². The van der Waals surface area contributed by atoms with Crippen molar-refractivity contribution < 1.29 is 4.52 Å². The van der Waals surface area contributed by atoms with E-state index in [2.05, 4.69) is 15.1 Å². The van der Waals surface area contributed by atoms with Crippen molar-refractivity contribution in [2.75, 3.05) is 0 Å². The molecule has 0 spiro atoms. The second kappa shape index (κ2) is 6.33. The summed E-state index contributed by atoms with van der Waals surface area (Å²) in [7, 11) is 0. The molecule has 0 radical (unpaired) electrons. The van der Waals surface area contributed by atoms with Crippen molar-refractivity contribution in [3.63, 3.8) is 0 Å². The molecular formula is C14H19ClN4O. The van der Waals surface area contributed by atoms with Gasteiger partial charge in [0.25, 0.3) is 0 Å². The molecule has 2 aromatic heterocycles. The lowest BCUT2D eigenvalue weighted by Crippen LogP contribution is -2.39. The van der Waals surface area contributed by atoms with Crippen LogP contribution < -0.4 is 5.73 Å². The lowest BCUT2D eigenvalue weighted by Gasteiger charge is -2.29. The van der Waals surface area contributed by atoms with Crippen LogP contribution in [0, 0.1) is 0 Å². The first-order valence-corrected chi connectivity index (χ1v) is 6.77. The van der Waals surface area contributed by atoms with Gasteiger partial charge in [-0.2, -0.15) is 4.98 Å². The number of aromatic nitrogens is 3. The van der Waals surface area contributed by atoms with Crippen LogP contribution >= 0.6 is 12.4 Å². The predicted molar refractivity (Wildman–Crippen MR) is 77.5 cm³/mol. The van der Waals surface area contributed by atoms with E-state index in [4.69, 9.17) is 10.3 Å². The maximum Gasteiger partial charge on any atom is 0.246 e. The molecule has 3 rings (SSSR count). The van der Waals surface area contributed by atoms with Crippen LogP contribution in [0.1, 0.15) is 49.4 Å². The number of pyridine rings is 1. The molecule has 1 fully saturated rings.